The Morgan fingerprint density at radius 1 is 1.15 bits per heavy atom. The second-order valence-electron chi connectivity index (χ2n) is 6.93. The maximum atomic E-state index is 12.7. The van der Waals surface area contributed by atoms with Gasteiger partial charge >= 0.3 is 0 Å². The predicted octanol–water partition coefficient (Wildman–Crippen LogP) is 2.06. The zero-order valence-corrected chi connectivity index (χ0v) is 15.2. The van der Waals surface area contributed by atoms with Crippen molar-refractivity contribution in [2.45, 2.75) is 19.9 Å². The number of benzene rings is 1. The van der Waals surface area contributed by atoms with Crippen LogP contribution in [-0.2, 0) is 17.8 Å². The van der Waals surface area contributed by atoms with Crippen LogP contribution in [0.5, 0.6) is 0 Å². The van der Waals surface area contributed by atoms with Crippen LogP contribution in [0.25, 0.3) is 10.9 Å². The SMILES string of the molecule is Cc1nccn1CCN1CCN(C(=O)Cc2c[nH]c3ccccc23)CC1. The minimum absolute atomic E-state index is 0.222. The van der Waals surface area contributed by atoms with Crippen LogP contribution in [-0.4, -0.2) is 63.0 Å². The normalized spacial score (nSPS) is 15.7. The Morgan fingerprint density at radius 2 is 1.96 bits per heavy atom. The van der Waals surface area contributed by atoms with Crippen LogP contribution < -0.4 is 0 Å². The van der Waals surface area contributed by atoms with Crippen molar-refractivity contribution in [1.82, 2.24) is 24.3 Å². The Kier molecular flexibility index (Phi) is 4.75. The van der Waals surface area contributed by atoms with Gasteiger partial charge in [-0.25, -0.2) is 4.98 Å². The number of imidazole rings is 1. The molecule has 0 radical (unpaired) electrons. The van der Waals surface area contributed by atoms with Gasteiger partial charge in [0.05, 0.1) is 6.42 Å². The van der Waals surface area contributed by atoms with Crippen molar-refractivity contribution < 1.29 is 4.79 Å². The summed E-state index contributed by atoms with van der Waals surface area (Å²) in [5.41, 5.74) is 2.18. The number of amides is 1. The summed E-state index contributed by atoms with van der Waals surface area (Å²) >= 11 is 0. The predicted molar refractivity (Wildman–Crippen MR) is 102 cm³/mol. The van der Waals surface area contributed by atoms with E-state index >= 15 is 0 Å². The second-order valence-corrected chi connectivity index (χ2v) is 6.93. The summed E-state index contributed by atoms with van der Waals surface area (Å²) in [7, 11) is 0. The smallest absolute Gasteiger partial charge is 0.227 e. The van der Waals surface area contributed by atoms with Crippen LogP contribution in [0.15, 0.2) is 42.9 Å². The van der Waals surface area contributed by atoms with Crippen molar-refractivity contribution >= 4 is 16.8 Å². The molecule has 1 aliphatic rings. The van der Waals surface area contributed by atoms with Gasteiger partial charge in [0.2, 0.25) is 5.91 Å². The number of H-pyrrole nitrogens is 1. The Labute approximate surface area is 153 Å². The topological polar surface area (TPSA) is 57.2 Å². The second kappa shape index (κ2) is 7.33. The van der Waals surface area contributed by atoms with E-state index in [-0.39, 0.29) is 5.91 Å². The highest BCUT2D eigenvalue weighted by Crippen LogP contribution is 2.19. The lowest BCUT2D eigenvalue weighted by atomic mass is 10.1. The third-order valence-corrected chi connectivity index (χ3v) is 5.32. The van der Waals surface area contributed by atoms with Crippen molar-refractivity contribution in [2.24, 2.45) is 0 Å². The standard InChI is InChI=1S/C20H25N5O/c1-16-21-6-7-24(16)11-8-23-9-12-25(13-10-23)20(26)14-17-15-22-19-5-3-2-4-18(17)19/h2-7,15,22H,8-14H2,1H3. The molecule has 0 spiro atoms. The van der Waals surface area contributed by atoms with E-state index in [0.29, 0.717) is 6.42 Å². The van der Waals surface area contributed by atoms with E-state index in [1.54, 1.807) is 0 Å². The number of piperazine rings is 1. The molecule has 6 nitrogen and oxygen atoms in total. The molecule has 1 fully saturated rings. The maximum absolute atomic E-state index is 12.7. The third kappa shape index (κ3) is 3.51. The largest absolute Gasteiger partial charge is 0.361 e. The van der Waals surface area contributed by atoms with Gasteiger partial charge in [0.25, 0.3) is 0 Å². The summed E-state index contributed by atoms with van der Waals surface area (Å²) in [6.07, 6.45) is 6.30. The molecule has 0 saturated carbocycles. The van der Waals surface area contributed by atoms with E-state index in [4.69, 9.17) is 0 Å². The summed E-state index contributed by atoms with van der Waals surface area (Å²) in [5, 5.41) is 1.15. The fraction of sp³-hybridized carbons (Fsp3) is 0.400. The molecule has 26 heavy (non-hydrogen) atoms. The van der Waals surface area contributed by atoms with Crippen LogP contribution in [0.1, 0.15) is 11.4 Å². The maximum Gasteiger partial charge on any atom is 0.227 e. The summed E-state index contributed by atoms with van der Waals surface area (Å²) in [6, 6.07) is 8.15. The number of carbonyl (C=O) groups excluding carboxylic acids is 1. The molecule has 1 aliphatic heterocycles. The molecule has 0 bridgehead atoms. The van der Waals surface area contributed by atoms with Crippen LogP contribution >= 0.6 is 0 Å². The molecule has 3 heterocycles. The number of nitrogens with zero attached hydrogens (tertiary/aromatic N) is 4. The van der Waals surface area contributed by atoms with Gasteiger partial charge in [0.1, 0.15) is 5.82 Å². The van der Waals surface area contributed by atoms with Gasteiger partial charge in [-0.3, -0.25) is 9.69 Å². The van der Waals surface area contributed by atoms with Gasteiger partial charge in [-0.1, -0.05) is 18.2 Å². The molecule has 1 saturated heterocycles. The van der Waals surface area contributed by atoms with Gasteiger partial charge in [-0.2, -0.15) is 0 Å². The molecule has 1 amide bonds. The van der Waals surface area contributed by atoms with Gasteiger partial charge in [0.15, 0.2) is 0 Å². The van der Waals surface area contributed by atoms with Crippen LogP contribution in [0.2, 0.25) is 0 Å². The Balaban J connectivity index is 1.29. The zero-order valence-electron chi connectivity index (χ0n) is 15.2. The molecule has 6 heteroatoms. The van der Waals surface area contributed by atoms with E-state index in [0.717, 1.165) is 61.6 Å². The molecular formula is C20H25N5O. The molecule has 136 valence electrons. The van der Waals surface area contributed by atoms with E-state index in [2.05, 4.69) is 25.5 Å². The molecule has 1 N–H and O–H groups in total. The highest BCUT2D eigenvalue weighted by Gasteiger charge is 2.21. The number of nitrogens with one attached hydrogen (secondary N) is 1. The minimum Gasteiger partial charge on any atom is -0.361 e. The van der Waals surface area contributed by atoms with Gasteiger partial charge in [-0.15, -0.1) is 0 Å². The molecule has 3 aromatic rings. The first-order valence-electron chi connectivity index (χ1n) is 9.23. The Bertz CT molecular complexity index is 888. The van der Waals surface area contributed by atoms with Gasteiger partial charge in [0, 0.05) is 68.8 Å². The zero-order chi connectivity index (χ0) is 17.9. The van der Waals surface area contributed by atoms with Gasteiger partial charge < -0.3 is 14.5 Å². The van der Waals surface area contributed by atoms with Crippen LogP contribution in [0, 0.1) is 6.92 Å². The lowest BCUT2D eigenvalue weighted by molar-refractivity contribution is -0.132. The fourth-order valence-corrected chi connectivity index (χ4v) is 3.66. The van der Waals surface area contributed by atoms with Gasteiger partial charge in [-0.05, 0) is 18.6 Å². The van der Waals surface area contributed by atoms with Crippen molar-refractivity contribution in [3.8, 4) is 0 Å². The highest BCUT2D eigenvalue weighted by atomic mass is 16.2. The lowest BCUT2D eigenvalue weighted by Gasteiger charge is -2.34. The third-order valence-electron chi connectivity index (χ3n) is 5.32. The number of fused-ring (bicyclic) bond motifs is 1. The van der Waals surface area contributed by atoms with E-state index < -0.39 is 0 Å². The molecule has 0 unspecified atom stereocenters. The van der Waals surface area contributed by atoms with E-state index in [1.807, 2.05) is 48.6 Å². The lowest BCUT2D eigenvalue weighted by Crippen LogP contribution is -2.49. The van der Waals surface area contributed by atoms with E-state index in [1.165, 1.54) is 0 Å². The number of carbonyl (C=O) groups is 1. The summed E-state index contributed by atoms with van der Waals surface area (Å²) in [6.45, 7) is 7.48. The number of hydrogen-bond donors (Lipinski definition) is 1. The average Bonchev–Trinajstić information content (AvgIpc) is 3.27. The first kappa shape index (κ1) is 16.8. The molecule has 0 aliphatic carbocycles. The number of aromatic amines is 1. The number of aryl methyl sites for hydroxylation is 1. The Hall–Kier alpha value is -2.60. The fourth-order valence-electron chi connectivity index (χ4n) is 3.66. The van der Waals surface area contributed by atoms with Crippen molar-refractivity contribution in [3.63, 3.8) is 0 Å². The number of hydrogen-bond acceptors (Lipinski definition) is 3. The van der Waals surface area contributed by atoms with E-state index in [9.17, 15) is 4.79 Å². The van der Waals surface area contributed by atoms with Crippen LogP contribution in [0.4, 0.5) is 0 Å². The van der Waals surface area contributed by atoms with Crippen molar-refractivity contribution in [3.05, 3.63) is 54.2 Å². The first-order chi connectivity index (χ1) is 12.7. The monoisotopic (exact) mass is 351 g/mol. The highest BCUT2D eigenvalue weighted by molar-refractivity contribution is 5.88. The summed E-state index contributed by atoms with van der Waals surface area (Å²) < 4.78 is 2.18. The summed E-state index contributed by atoms with van der Waals surface area (Å²) in [5.74, 6) is 1.28. The molecular weight excluding hydrogens is 326 g/mol. The number of rotatable bonds is 5. The molecule has 2 aromatic heterocycles. The molecule has 4 rings (SSSR count). The van der Waals surface area contributed by atoms with Crippen molar-refractivity contribution in [1.29, 1.82) is 0 Å². The first-order valence-corrected chi connectivity index (χ1v) is 9.23. The molecule has 1 aromatic carbocycles. The Morgan fingerprint density at radius 3 is 2.73 bits per heavy atom. The quantitative estimate of drug-likeness (QED) is 0.765. The number of para-hydroxylation sites is 1. The number of aromatic nitrogens is 3. The van der Waals surface area contributed by atoms with Crippen LogP contribution in [0.3, 0.4) is 0 Å². The molecule has 0 atom stereocenters. The minimum atomic E-state index is 0.222. The summed E-state index contributed by atoms with van der Waals surface area (Å²) in [4.78, 5) is 24.6. The van der Waals surface area contributed by atoms with Crippen molar-refractivity contribution in [2.75, 3.05) is 32.7 Å². The average molecular weight is 351 g/mol.